The average Bonchev–Trinajstić information content (AvgIpc) is 2.38. The third-order valence-electron chi connectivity index (χ3n) is 3.17. The van der Waals surface area contributed by atoms with Crippen molar-refractivity contribution in [3.63, 3.8) is 0 Å². The first kappa shape index (κ1) is 14.7. The van der Waals surface area contributed by atoms with Gasteiger partial charge < -0.3 is 9.72 Å². The van der Waals surface area contributed by atoms with Gasteiger partial charge in [0, 0.05) is 11.3 Å². The maximum Gasteiger partial charge on any atom is 0.142 e. The van der Waals surface area contributed by atoms with Gasteiger partial charge in [-0.25, -0.2) is 4.98 Å². The van der Waals surface area contributed by atoms with E-state index in [2.05, 4.69) is 23.8 Å². The molecule has 20 heavy (non-hydrogen) atoms. The van der Waals surface area contributed by atoms with E-state index >= 15 is 0 Å². The van der Waals surface area contributed by atoms with E-state index in [1.165, 1.54) is 0 Å². The Morgan fingerprint density at radius 3 is 2.60 bits per heavy atom. The molecule has 0 saturated heterocycles. The standard InChI is InChI=1S/C16H20N2OS/c1-5-19-13-9-7-6-8-12(13)15-17-11(4)14(10(2)3)16(20)18-15/h6-10H,5H2,1-4H3,(H,17,18,20). The van der Waals surface area contributed by atoms with Crippen LogP contribution in [-0.2, 0) is 0 Å². The Morgan fingerprint density at radius 2 is 2.00 bits per heavy atom. The summed E-state index contributed by atoms with van der Waals surface area (Å²) in [5.41, 5.74) is 3.12. The van der Waals surface area contributed by atoms with Crippen molar-refractivity contribution < 1.29 is 4.74 Å². The molecule has 0 aliphatic carbocycles. The van der Waals surface area contributed by atoms with Crippen LogP contribution in [0.2, 0.25) is 0 Å². The lowest BCUT2D eigenvalue weighted by atomic mass is 10.0. The number of hydrogen-bond acceptors (Lipinski definition) is 3. The predicted octanol–water partition coefficient (Wildman–Crippen LogP) is 4.64. The smallest absolute Gasteiger partial charge is 0.142 e. The molecule has 0 aliphatic heterocycles. The van der Waals surface area contributed by atoms with Gasteiger partial charge in [0.2, 0.25) is 0 Å². The highest BCUT2D eigenvalue weighted by Crippen LogP contribution is 2.29. The van der Waals surface area contributed by atoms with Crippen molar-refractivity contribution in [3.05, 3.63) is 40.2 Å². The van der Waals surface area contributed by atoms with Gasteiger partial charge in [-0.1, -0.05) is 38.2 Å². The van der Waals surface area contributed by atoms with Crippen molar-refractivity contribution in [2.45, 2.75) is 33.6 Å². The second-order valence-electron chi connectivity index (χ2n) is 5.01. The van der Waals surface area contributed by atoms with Crippen LogP contribution in [0.25, 0.3) is 11.4 Å². The molecule has 1 N–H and O–H groups in total. The molecule has 2 aromatic rings. The average molecular weight is 288 g/mol. The number of para-hydroxylation sites is 1. The summed E-state index contributed by atoms with van der Waals surface area (Å²) in [6.07, 6.45) is 0. The van der Waals surface area contributed by atoms with Crippen LogP contribution in [0.1, 0.15) is 37.9 Å². The van der Waals surface area contributed by atoms with Crippen LogP contribution in [0.15, 0.2) is 24.3 Å². The SMILES string of the molecule is CCOc1ccccc1-c1nc(=S)c(C(C)C)c(C)[nH]1. The lowest BCUT2D eigenvalue weighted by Crippen LogP contribution is -2.03. The van der Waals surface area contributed by atoms with Gasteiger partial charge in [0.15, 0.2) is 0 Å². The Kier molecular flexibility index (Phi) is 4.55. The quantitative estimate of drug-likeness (QED) is 0.833. The van der Waals surface area contributed by atoms with E-state index in [0.717, 1.165) is 28.4 Å². The molecule has 0 bridgehead atoms. The topological polar surface area (TPSA) is 37.9 Å². The maximum atomic E-state index is 5.65. The van der Waals surface area contributed by atoms with Gasteiger partial charge in [-0.3, -0.25) is 0 Å². The number of nitrogens with one attached hydrogen (secondary N) is 1. The van der Waals surface area contributed by atoms with E-state index in [1.807, 2.05) is 38.1 Å². The molecule has 0 spiro atoms. The van der Waals surface area contributed by atoms with E-state index in [4.69, 9.17) is 17.0 Å². The molecule has 106 valence electrons. The van der Waals surface area contributed by atoms with Crippen molar-refractivity contribution in [1.82, 2.24) is 9.97 Å². The Morgan fingerprint density at radius 1 is 1.30 bits per heavy atom. The molecule has 0 radical (unpaired) electrons. The highest BCUT2D eigenvalue weighted by molar-refractivity contribution is 7.71. The minimum Gasteiger partial charge on any atom is -0.493 e. The first-order valence-corrected chi connectivity index (χ1v) is 7.28. The number of benzene rings is 1. The van der Waals surface area contributed by atoms with Gasteiger partial charge in [-0.15, -0.1) is 0 Å². The molecular formula is C16H20N2OS. The minimum atomic E-state index is 0.363. The second kappa shape index (κ2) is 6.18. The number of ether oxygens (including phenoxy) is 1. The van der Waals surface area contributed by atoms with Crippen molar-refractivity contribution in [3.8, 4) is 17.1 Å². The van der Waals surface area contributed by atoms with E-state index in [9.17, 15) is 0 Å². The molecule has 1 heterocycles. The molecule has 0 aliphatic rings. The monoisotopic (exact) mass is 288 g/mol. The molecule has 1 aromatic carbocycles. The molecule has 4 heteroatoms. The first-order chi connectivity index (χ1) is 9.54. The van der Waals surface area contributed by atoms with Crippen LogP contribution in [-0.4, -0.2) is 16.6 Å². The summed E-state index contributed by atoms with van der Waals surface area (Å²) in [4.78, 5) is 7.90. The number of hydrogen-bond donors (Lipinski definition) is 1. The molecule has 3 nitrogen and oxygen atoms in total. The molecule has 0 fully saturated rings. The molecule has 2 rings (SSSR count). The van der Waals surface area contributed by atoms with Crippen molar-refractivity contribution in [1.29, 1.82) is 0 Å². The van der Waals surface area contributed by atoms with Gasteiger partial charge in [-0.2, -0.15) is 0 Å². The Balaban J connectivity index is 2.58. The van der Waals surface area contributed by atoms with Gasteiger partial charge in [-0.05, 0) is 31.9 Å². The first-order valence-electron chi connectivity index (χ1n) is 6.87. The van der Waals surface area contributed by atoms with Crippen molar-refractivity contribution in [2.75, 3.05) is 6.61 Å². The highest BCUT2D eigenvalue weighted by Gasteiger charge is 2.12. The number of aromatic amines is 1. The normalized spacial score (nSPS) is 10.8. The number of aromatic nitrogens is 2. The van der Waals surface area contributed by atoms with Crippen molar-refractivity contribution >= 4 is 12.2 Å². The molecule has 1 aromatic heterocycles. The number of rotatable bonds is 4. The van der Waals surface area contributed by atoms with Gasteiger partial charge in [0.25, 0.3) is 0 Å². The zero-order valence-corrected chi connectivity index (χ0v) is 13.2. The summed E-state index contributed by atoms with van der Waals surface area (Å²) in [6.45, 7) is 8.89. The summed E-state index contributed by atoms with van der Waals surface area (Å²) in [7, 11) is 0. The predicted molar refractivity (Wildman–Crippen MR) is 84.9 cm³/mol. The summed E-state index contributed by atoms with van der Waals surface area (Å²) in [5, 5.41) is 0. The Labute approximate surface area is 125 Å². The van der Waals surface area contributed by atoms with Gasteiger partial charge in [0.05, 0.1) is 12.2 Å². The summed E-state index contributed by atoms with van der Waals surface area (Å²) in [5.74, 6) is 1.95. The van der Waals surface area contributed by atoms with E-state index < -0.39 is 0 Å². The fraction of sp³-hybridized carbons (Fsp3) is 0.375. The van der Waals surface area contributed by atoms with Crippen LogP contribution in [0, 0.1) is 11.6 Å². The van der Waals surface area contributed by atoms with Crippen LogP contribution in [0.5, 0.6) is 5.75 Å². The molecule has 0 atom stereocenters. The third-order valence-corrected chi connectivity index (χ3v) is 3.48. The lowest BCUT2D eigenvalue weighted by molar-refractivity contribution is 0.341. The van der Waals surface area contributed by atoms with E-state index in [0.29, 0.717) is 17.2 Å². The van der Waals surface area contributed by atoms with E-state index in [1.54, 1.807) is 0 Å². The number of H-pyrrole nitrogens is 1. The van der Waals surface area contributed by atoms with Gasteiger partial charge >= 0.3 is 0 Å². The largest absolute Gasteiger partial charge is 0.493 e. The summed E-state index contributed by atoms with van der Waals surface area (Å²) >= 11 is 5.44. The summed E-state index contributed by atoms with van der Waals surface area (Å²) < 4.78 is 6.32. The number of aryl methyl sites for hydroxylation is 1. The fourth-order valence-corrected chi connectivity index (χ4v) is 2.83. The minimum absolute atomic E-state index is 0.363. The molecular weight excluding hydrogens is 268 g/mol. The fourth-order valence-electron chi connectivity index (χ4n) is 2.35. The highest BCUT2D eigenvalue weighted by atomic mass is 32.1. The zero-order valence-electron chi connectivity index (χ0n) is 12.4. The maximum absolute atomic E-state index is 5.65. The van der Waals surface area contributed by atoms with Crippen LogP contribution in [0.3, 0.4) is 0 Å². The third kappa shape index (κ3) is 2.90. The Hall–Kier alpha value is -1.68. The molecule has 0 saturated carbocycles. The van der Waals surface area contributed by atoms with Crippen LogP contribution in [0.4, 0.5) is 0 Å². The number of nitrogens with zero attached hydrogens (tertiary/aromatic N) is 1. The van der Waals surface area contributed by atoms with Gasteiger partial charge in [0.1, 0.15) is 16.2 Å². The molecule has 0 unspecified atom stereocenters. The van der Waals surface area contributed by atoms with Crippen LogP contribution >= 0.6 is 12.2 Å². The Bertz CT molecular complexity index is 662. The lowest BCUT2D eigenvalue weighted by Gasteiger charge is -2.14. The summed E-state index contributed by atoms with van der Waals surface area (Å²) in [6, 6.07) is 7.87. The zero-order chi connectivity index (χ0) is 14.7. The van der Waals surface area contributed by atoms with E-state index in [-0.39, 0.29) is 0 Å². The van der Waals surface area contributed by atoms with Crippen LogP contribution < -0.4 is 4.74 Å². The molecule has 0 amide bonds. The van der Waals surface area contributed by atoms with Crippen molar-refractivity contribution in [2.24, 2.45) is 0 Å². The second-order valence-corrected chi connectivity index (χ2v) is 5.40.